The van der Waals surface area contributed by atoms with Gasteiger partial charge in [-0.05, 0) is 12.5 Å². The third kappa shape index (κ3) is 6.87. The van der Waals surface area contributed by atoms with Crippen LogP contribution in [-0.2, 0) is 9.53 Å². The van der Waals surface area contributed by atoms with Gasteiger partial charge in [0.05, 0.1) is 7.11 Å². The summed E-state index contributed by atoms with van der Waals surface area (Å²) in [5.74, 6) is 0.236. The molecule has 3 nitrogen and oxygen atoms in total. The zero-order valence-electron chi connectivity index (χ0n) is 7.88. The van der Waals surface area contributed by atoms with E-state index in [0.717, 1.165) is 5.57 Å². The maximum Gasteiger partial charge on any atom is 0.217 e. The maximum absolute atomic E-state index is 10.4. The zero-order chi connectivity index (χ0) is 10.3. The Bertz CT molecular complexity index is 241. The van der Waals surface area contributed by atoms with Crippen LogP contribution in [0.3, 0.4) is 0 Å². The van der Waals surface area contributed by atoms with Gasteiger partial charge >= 0.3 is 0 Å². The predicted octanol–water partition coefficient (Wildman–Crippen LogP) is 1.52. The Hall–Kier alpha value is -1.51. The number of hydrogen-bond donors (Lipinski definition) is 1. The zero-order valence-corrected chi connectivity index (χ0v) is 7.88. The number of amides is 1. The fourth-order valence-corrected chi connectivity index (χ4v) is 0.646. The van der Waals surface area contributed by atoms with Gasteiger partial charge in [0.1, 0.15) is 5.76 Å². The molecule has 0 heterocycles. The molecule has 0 aliphatic rings. The molecule has 0 fully saturated rings. The van der Waals surface area contributed by atoms with Gasteiger partial charge in [0.15, 0.2) is 0 Å². The Balaban J connectivity index is 3.80. The second-order valence-electron chi connectivity index (χ2n) is 2.63. The number of carbonyl (C=O) groups excluding carboxylic acids is 1. The molecule has 1 amide bonds. The van der Waals surface area contributed by atoms with Crippen molar-refractivity contribution < 1.29 is 9.53 Å². The van der Waals surface area contributed by atoms with E-state index in [4.69, 9.17) is 10.5 Å². The number of rotatable bonds is 6. The van der Waals surface area contributed by atoms with Gasteiger partial charge in [-0.1, -0.05) is 24.8 Å². The summed E-state index contributed by atoms with van der Waals surface area (Å²) in [7, 11) is 1.54. The van der Waals surface area contributed by atoms with Crippen LogP contribution in [0.4, 0.5) is 0 Å². The van der Waals surface area contributed by atoms with E-state index in [1.807, 2.05) is 0 Å². The van der Waals surface area contributed by atoms with Crippen LogP contribution in [0.15, 0.2) is 36.6 Å². The number of primary amides is 1. The lowest BCUT2D eigenvalue weighted by atomic mass is 10.1. The third-order valence-electron chi connectivity index (χ3n) is 1.46. The van der Waals surface area contributed by atoms with Crippen molar-refractivity contribution in [2.75, 3.05) is 7.11 Å². The molecule has 0 saturated carbocycles. The number of carbonyl (C=O) groups is 1. The van der Waals surface area contributed by atoms with E-state index in [1.54, 1.807) is 19.3 Å². The Labute approximate surface area is 78.6 Å². The first-order valence-corrected chi connectivity index (χ1v) is 3.93. The van der Waals surface area contributed by atoms with Crippen LogP contribution in [-0.4, -0.2) is 13.0 Å². The Morgan fingerprint density at radius 3 is 2.46 bits per heavy atom. The van der Waals surface area contributed by atoms with Crippen molar-refractivity contribution in [3.05, 3.63) is 36.6 Å². The molecule has 0 aromatic heterocycles. The molecule has 0 aliphatic carbocycles. The van der Waals surface area contributed by atoms with E-state index in [0.29, 0.717) is 18.6 Å². The van der Waals surface area contributed by atoms with Crippen molar-refractivity contribution in [2.24, 2.45) is 5.73 Å². The minimum Gasteiger partial charge on any atom is -0.497 e. The number of allylic oxidation sites excluding steroid dienone is 3. The van der Waals surface area contributed by atoms with E-state index in [-0.39, 0.29) is 5.91 Å². The highest BCUT2D eigenvalue weighted by atomic mass is 16.5. The van der Waals surface area contributed by atoms with Crippen molar-refractivity contribution in [3.8, 4) is 0 Å². The molecule has 0 aromatic rings. The summed E-state index contributed by atoms with van der Waals surface area (Å²) in [5, 5.41) is 0. The van der Waals surface area contributed by atoms with Gasteiger partial charge in [0.25, 0.3) is 0 Å². The first-order chi connectivity index (χ1) is 6.06. The number of hydrogen-bond acceptors (Lipinski definition) is 2. The van der Waals surface area contributed by atoms with Crippen LogP contribution in [0.2, 0.25) is 0 Å². The van der Waals surface area contributed by atoms with Gasteiger partial charge < -0.3 is 10.5 Å². The minimum atomic E-state index is -0.319. The molecule has 0 unspecified atom stereocenters. The van der Waals surface area contributed by atoms with Crippen LogP contribution in [0.5, 0.6) is 0 Å². The van der Waals surface area contributed by atoms with Crippen LogP contribution in [0, 0.1) is 0 Å². The number of ether oxygens (including phenoxy) is 1. The predicted molar refractivity (Wildman–Crippen MR) is 52.9 cm³/mol. The summed E-state index contributed by atoms with van der Waals surface area (Å²) >= 11 is 0. The number of nitrogens with two attached hydrogens (primary N) is 1. The highest BCUT2D eigenvalue weighted by Crippen LogP contribution is 2.05. The molecule has 0 saturated heterocycles. The molecule has 0 bridgehead atoms. The van der Waals surface area contributed by atoms with Crippen LogP contribution in [0.25, 0.3) is 0 Å². The van der Waals surface area contributed by atoms with Gasteiger partial charge in [0, 0.05) is 6.42 Å². The molecule has 13 heavy (non-hydrogen) atoms. The fourth-order valence-electron chi connectivity index (χ4n) is 0.646. The largest absolute Gasteiger partial charge is 0.497 e. The van der Waals surface area contributed by atoms with Gasteiger partial charge in [-0.25, -0.2) is 0 Å². The molecule has 72 valence electrons. The van der Waals surface area contributed by atoms with Crippen molar-refractivity contribution in [1.82, 2.24) is 0 Å². The van der Waals surface area contributed by atoms with Crippen molar-refractivity contribution in [2.45, 2.75) is 12.8 Å². The van der Waals surface area contributed by atoms with Crippen molar-refractivity contribution in [3.63, 3.8) is 0 Å². The SMILES string of the molecule is C=C(/C=C\C(=C)OC)CCC(N)=O. The topological polar surface area (TPSA) is 52.3 Å². The molecule has 0 aliphatic heterocycles. The normalized spacial score (nSPS) is 9.92. The first-order valence-electron chi connectivity index (χ1n) is 3.93. The highest BCUT2D eigenvalue weighted by Gasteiger charge is 1.95. The van der Waals surface area contributed by atoms with Crippen LogP contribution in [0.1, 0.15) is 12.8 Å². The quantitative estimate of drug-likeness (QED) is 0.499. The van der Waals surface area contributed by atoms with Gasteiger partial charge in [-0.2, -0.15) is 0 Å². The summed E-state index contributed by atoms with van der Waals surface area (Å²) in [6.07, 6.45) is 4.35. The van der Waals surface area contributed by atoms with Gasteiger partial charge in [0.2, 0.25) is 5.91 Å². The second kappa shape index (κ2) is 6.06. The fraction of sp³-hybridized carbons (Fsp3) is 0.300. The standard InChI is InChI=1S/C10H15NO2/c1-8(5-7-10(11)12)4-6-9(2)13-3/h4,6H,1-2,5,7H2,3H3,(H2,11,12)/b6-4-. The lowest BCUT2D eigenvalue weighted by Gasteiger charge is -1.98. The Kier molecular flexibility index (Phi) is 5.35. The van der Waals surface area contributed by atoms with E-state index < -0.39 is 0 Å². The summed E-state index contributed by atoms with van der Waals surface area (Å²) < 4.78 is 4.81. The van der Waals surface area contributed by atoms with Crippen molar-refractivity contribution >= 4 is 5.91 Å². The molecule has 0 spiro atoms. The minimum absolute atomic E-state index is 0.319. The summed E-state index contributed by atoms with van der Waals surface area (Å²) in [4.78, 5) is 10.4. The maximum atomic E-state index is 10.4. The average Bonchev–Trinajstić information content (AvgIpc) is 2.10. The van der Waals surface area contributed by atoms with Crippen LogP contribution < -0.4 is 5.73 Å². The molecule has 2 N–H and O–H groups in total. The molecule has 0 radical (unpaired) electrons. The third-order valence-corrected chi connectivity index (χ3v) is 1.46. The Morgan fingerprint density at radius 2 is 2.00 bits per heavy atom. The summed E-state index contributed by atoms with van der Waals surface area (Å²) in [5.41, 5.74) is 5.81. The molecular formula is C10H15NO2. The van der Waals surface area contributed by atoms with E-state index in [9.17, 15) is 4.79 Å². The summed E-state index contributed by atoms with van der Waals surface area (Å²) in [6, 6.07) is 0. The van der Waals surface area contributed by atoms with Crippen LogP contribution >= 0.6 is 0 Å². The highest BCUT2D eigenvalue weighted by molar-refractivity contribution is 5.74. The first kappa shape index (κ1) is 11.5. The molecule has 0 aromatic carbocycles. The van der Waals surface area contributed by atoms with E-state index >= 15 is 0 Å². The van der Waals surface area contributed by atoms with E-state index in [1.165, 1.54) is 0 Å². The van der Waals surface area contributed by atoms with Gasteiger partial charge in [-0.15, -0.1) is 0 Å². The molecule has 3 heteroatoms. The lowest BCUT2D eigenvalue weighted by Crippen LogP contribution is -2.09. The monoisotopic (exact) mass is 181 g/mol. The molecule has 0 rings (SSSR count). The lowest BCUT2D eigenvalue weighted by molar-refractivity contribution is -0.117. The molecule has 0 atom stereocenters. The second-order valence-corrected chi connectivity index (χ2v) is 2.63. The number of methoxy groups -OCH3 is 1. The Morgan fingerprint density at radius 1 is 1.38 bits per heavy atom. The smallest absolute Gasteiger partial charge is 0.217 e. The van der Waals surface area contributed by atoms with Gasteiger partial charge in [-0.3, -0.25) is 4.79 Å². The van der Waals surface area contributed by atoms with E-state index in [2.05, 4.69) is 13.2 Å². The van der Waals surface area contributed by atoms with Crippen molar-refractivity contribution in [1.29, 1.82) is 0 Å². The summed E-state index contributed by atoms with van der Waals surface area (Å²) in [6.45, 7) is 7.34. The molecular weight excluding hydrogens is 166 g/mol. The average molecular weight is 181 g/mol.